The van der Waals surface area contributed by atoms with Crippen molar-refractivity contribution in [1.29, 1.82) is 0 Å². The molecule has 1 aromatic rings. The van der Waals surface area contributed by atoms with Crippen molar-refractivity contribution in [2.75, 3.05) is 13.7 Å². The molecule has 0 atom stereocenters. The Morgan fingerprint density at radius 3 is 2.67 bits per heavy atom. The minimum atomic E-state index is 0.658. The van der Waals surface area contributed by atoms with Crippen molar-refractivity contribution >= 4 is 27.5 Å². The van der Waals surface area contributed by atoms with Gasteiger partial charge in [0.2, 0.25) is 0 Å². The molecule has 1 aromatic carbocycles. The largest absolute Gasteiger partial charge is 0.493 e. The third-order valence-electron chi connectivity index (χ3n) is 1.91. The van der Waals surface area contributed by atoms with Gasteiger partial charge in [0.05, 0.1) is 13.7 Å². The van der Waals surface area contributed by atoms with Crippen molar-refractivity contribution in [3.05, 3.63) is 22.7 Å². The lowest BCUT2D eigenvalue weighted by atomic mass is 10.2. The van der Waals surface area contributed by atoms with E-state index in [4.69, 9.17) is 21.1 Å². The van der Waals surface area contributed by atoms with Gasteiger partial charge in [-0.3, -0.25) is 0 Å². The molecule has 0 bridgehead atoms. The zero-order valence-corrected chi connectivity index (χ0v) is 11.2. The van der Waals surface area contributed by atoms with Crippen LogP contribution in [0.4, 0.5) is 0 Å². The topological polar surface area (TPSA) is 18.5 Å². The highest BCUT2D eigenvalue weighted by atomic mass is 79.9. The maximum atomic E-state index is 5.96. The van der Waals surface area contributed by atoms with Gasteiger partial charge in [-0.05, 0) is 12.5 Å². The normalized spacial score (nSPS) is 10.1. The van der Waals surface area contributed by atoms with E-state index in [-0.39, 0.29) is 0 Å². The molecule has 0 saturated carbocycles. The SMILES string of the molecule is CCCOc1c(CBr)cc(Cl)cc1OC. The first kappa shape index (κ1) is 12.7. The van der Waals surface area contributed by atoms with Crippen molar-refractivity contribution in [3.8, 4) is 11.5 Å². The van der Waals surface area contributed by atoms with Crippen LogP contribution in [-0.4, -0.2) is 13.7 Å². The molecule has 15 heavy (non-hydrogen) atoms. The van der Waals surface area contributed by atoms with Crippen LogP contribution >= 0.6 is 27.5 Å². The van der Waals surface area contributed by atoms with E-state index in [1.807, 2.05) is 6.07 Å². The van der Waals surface area contributed by atoms with Crippen molar-refractivity contribution in [2.45, 2.75) is 18.7 Å². The van der Waals surface area contributed by atoms with Crippen LogP contribution in [0.15, 0.2) is 12.1 Å². The predicted octanol–water partition coefficient (Wildman–Crippen LogP) is 4.03. The summed E-state index contributed by atoms with van der Waals surface area (Å²) < 4.78 is 10.9. The third kappa shape index (κ3) is 3.28. The van der Waals surface area contributed by atoms with Crippen LogP contribution in [0.3, 0.4) is 0 Å². The number of methoxy groups -OCH3 is 1. The lowest BCUT2D eigenvalue weighted by Crippen LogP contribution is -2.00. The quantitative estimate of drug-likeness (QED) is 0.763. The molecule has 0 aliphatic heterocycles. The molecule has 0 aliphatic rings. The summed E-state index contributed by atoms with van der Waals surface area (Å²) >= 11 is 9.36. The van der Waals surface area contributed by atoms with Gasteiger partial charge in [-0.2, -0.15) is 0 Å². The Hall–Kier alpha value is -0.410. The Labute approximate surface area is 104 Å². The molecule has 0 unspecified atom stereocenters. The Morgan fingerprint density at radius 2 is 2.13 bits per heavy atom. The minimum absolute atomic E-state index is 0.658. The molecule has 0 fully saturated rings. The summed E-state index contributed by atoms with van der Waals surface area (Å²) in [5.74, 6) is 1.46. The first-order chi connectivity index (χ1) is 7.22. The second-order valence-corrected chi connectivity index (χ2v) is 4.08. The lowest BCUT2D eigenvalue weighted by Gasteiger charge is -2.14. The van der Waals surface area contributed by atoms with Crippen LogP contribution in [0, 0.1) is 0 Å². The number of hydrogen-bond acceptors (Lipinski definition) is 2. The van der Waals surface area contributed by atoms with Gasteiger partial charge in [0.15, 0.2) is 11.5 Å². The Balaban J connectivity index is 3.06. The maximum absolute atomic E-state index is 5.96. The molecule has 0 N–H and O–H groups in total. The summed E-state index contributed by atoms with van der Waals surface area (Å²) in [6.07, 6.45) is 0.966. The molecule has 0 heterocycles. The summed E-state index contributed by atoms with van der Waals surface area (Å²) in [5, 5.41) is 1.35. The standard InChI is InChI=1S/C11H14BrClO2/c1-3-4-15-11-8(7-12)5-9(13)6-10(11)14-2/h5-6H,3-4,7H2,1-2H3. The number of benzene rings is 1. The van der Waals surface area contributed by atoms with Crippen LogP contribution < -0.4 is 9.47 Å². The van der Waals surface area contributed by atoms with Crippen LogP contribution in [-0.2, 0) is 5.33 Å². The van der Waals surface area contributed by atoms with E-state index < -0.39 is 0 Å². The molecule has 0 aliphatic carbocycles. The van der Waals surface area contributed by atoms with Crippen molar-refractivity contribution < 1.29 is 9.47 Å². The molecule has 0 saturated heterocycles. The highest BCUT2D eigenvalue weighted by Gasteiger charge is 2.11. The average Bonchev–Trinajstić information content (AvgIpc) is 2.26. The molecular weight excluding hydrogens is 279 g/mol. The smallest absolute Gasteiger partial charge is 0.165 e. The number of alkyl halides is 1. The molecule has 1 rings (SSSR count). The molecule has 2 nitrogen and oxygen atoms in total. The van der Waals surface area contributed by atoms with E-state index in [1.165, 1.54) is 0 Å². The summed E-state index contributed by atoms with van der Waals surface area (Å²) in [5.41, 5.74) is 1.01. The van der Waals surface area contributed by atoms with E-state index in [9.17, 15) is 0 Å². The summed E-state index contributed by atoms with van der Waals surface area (Å²) in [6, 6.07) is 3.64. The van der Waals surface area contributed by atoms with Crippen molar-refractivity contribution in [3.63, 3.8) is 0 Å². The number of halogens is 2. The number of hydrogen-bond donors (Lipinski definition) is 0. The summed E-state index contributed by atoms with van der Waals surface area (Å²) in [6.45, 7) is 2.74. The predicted molar refractivity (Wildman–Crippen MR) is 66.4 cm³/mol. The molecule has 0 aromatic heterocycles. The van der Waals surface area contributed by atoms with Gasteiger partial charge >= 0.3 is 0 Å². The monoisotopic (exact) mass is 292 g/mol. The first-order valence-corrected chi connectivity index (χ1v) is 6.28. The summed E-state index contributed by atoms with van der Waals surface area (Å²) in [4.78, 5) is 0. The average molecular weight is 294 g/mol. The van der Waals surface area contributed by atoms with E-state index in [0.717, 1.165) is 17.7 Å². The molecule has 0 radical (unpaired) electrons. The summed E-state index contributed by atoms with van der Waals surface area (Å²) in [7, 11) is 1.61. The van der Waals surface area contributed by atoms with Crippen LogP contribution in [0.5, 0.6) is 11.5 Å². The Morgan fingerprint density at radius 1 is 1.40 bits per heavy atom. The molecule has 84 valence electrons. The fourth-order valence-electron chi connectivity index (χ4n) is 1.24. The Kier molecular flexibility index (Phi) is 5.26. The van der Waals surface area contributed by atoms with Gasteiger partial charge in [0.25, 0.3) is 0 Å². The first-order valence-electron chi connectivity index (χ1n) is 4.78. The van der Waals surface area contributed by atoms with E-state index >= 15 is 0 Å². The van der Waals surface area contributed by atoms with Gasteiger partial charge in [-0.25, -0.2) is 0 Å². The van der Waals surface area contributed by atoms with Gasteiger partial charge in [0.1, 0.15) is 0 Å². The van der Waals surface area contributed by atoms with Crippen LogP contribution in [0.1, 0.15) is 18.9 Å². The number of ether oxygens (including phenoxy) is 2. The van der Waals surface area contributed by atoms with Gasteiger partial charge in [-0.1, -0.05) is 34.5 Å². The fraction of sp³-hybridized carbons (Fsp3) is 0.455. The van der Waals surface area contributed by atoms with Crippen LogP contribution in [0.25, 0.3) is 0 Å². The van der Waals surface area contributed by atoms with Crippen LogP contribution in [0.2, 0.25) is 5.02 Å². The van der Waals surface area contributed by atoms with Crippen molar-refractivity contribution in [1.82, 2.24) is 0 Å². The highest BCUT2D eigenvalue weighted by Crippen LogP contribution is 2.35. The van der Waals surface area contributed by atoms with E-state index in [2.05, 4.69) is 22.9 Å². The highest BCUT2D eigenvalue weighted by molar-refractivity contribution is 9.08. The molecular formula is C11H14BrClO2. The van der Waals surface area contributed by atoms with Gasteiger partial charge in [0, 0.05) is 22.0 Å². The lowest BCUT2D eigenvalue weighted by molar-refractivity contribution is 0.292. The number of rotatable bonds is 5. The van der Waals surface area contributed by atoms with Gasteiger partial charge < -0.3 is 9.47 Å². The van der Waals surface area contributed by atoms with E-state index in [1.54, 1.807) is 13.2 Å². The molecule has 4 heteroatoms. The maximum Gasteiger partial charge on any atom is 0.165 e. The molecule has 0 spiro atoms. The molecule has 0 amide bonds. The minimum Gasteiger partial charge on any atom is -0.493 e. The zero-order valence-electron chi connectivity index (χ0n) is 8.85. The van der Waals surface area contributed by atoms with Gasteiger partial charge in [-0.15, -0.1) is 0 Å². The zero-order chi connectivity index (χ0) is 11.3. The van der Waals surface area contributed by atoms with E-state index in [0.29, 0.717) is 22.7 Å². The second-order valence-electron chi connectivity index (χ2n) is 3.08. The third-order valence-corrected chi connectivity index (χ3v) is 2.73. The van der Waals surface area contributed by atoms with Crippen molar-refractivity contribution in [2.24, 2.45) is 0 Å². The fourth-order valence-corrected chi connectivity index (χ4v) is 1.89. The second kappa shape index (κ2) is 6.23. The Bertz CT molecular complexity index is 303.